The Labute approximate surface area is 87.3 Å². The van der Waals surface area contributed by atoms with E-state index in [0.717, 1.165) is 18.9 Å². The minimum absolute atomic E-state index is 0.0222. The second kappa shape index (κ2) is 4.63. The van der Waals surface area contributed by atoms with Crippen molar-refractivity contribution in [3.8, 4) is 0 Å². The highest BCUT2D eigenvalue weighted by Gasteiger charge is 2.30. The van der Waals surface area contributed by atoms with Gasteiger partial charge in [-0.3, -0.25) is 0 Å². The lowest BCUT2D eigenvalue weighted by atomic mass is 9.93. The molecule has 2 heteroatoms. The van der Waals surface area contributed by atoms with E-state index in [1.807, 2.05) is 0 Å². The number of rotatable bonds is 2. The standard InChI is InChI=1S/C12H23NO/c1-13(10-5-3-2-4-6-10)11-7-8-12(14)9-11/h10-12,14H,2-9H2,1H3. The predicted octanol–water partition coefficient (Wildman–Crippen LogP) is 2.16. The number of aliphatic hydroxyl groups excluding tert-OH is 1. The van der Waals surface area contributed by atoms with Gasteiger partial charge in [-0.25, -0.2) is 0 Å². The van der Waals surface area contributed by atoms with Gasteiger partial charge in [-0.05, 0) is 39.2 Å². The number of nitrogens with zero attached hydrogens (tertiary/aromatic N) is 1. The lowest BCUT2D eigenvalue weighted by Gasteiger charge is -2.35. The highest BCUT2D eigenvalue weighted by molar-refractivity contribution is 4.85. The van der Waals surface area contributed by atoms with Crippen molar-refractivity contribution in [1.29, 1.82) is 0 Å². The molecule has 1 N–H and O–H groups in total. The minimum atomic E-state index is -0.0222. The molecule has 0 heterocycles. The Hall–Kier alpha value is -0.0800. The highest BCUT2D eigenvalue weighted by Crippen LogP contribution is 2.29. The third-order valence-electron chi connectivity index (χ3n) is 4.10. The molecule has 2 nitrogen and oxygen atoms in total. The Bertz CT molecular complexity index is 172. The molecule has 2 fully saturated rings. The van der Waals surface area contributed by atoms with Crippen molar-refractivity contribution < 1.29 is 5.11 Å². The van der Waals surface area contributed by atoms with E-state index in [1.165, 1.54) is 38.5 Å². The van der Waals surface area contributed by atoms with Gasteiger partial charge in [-0.2, -0.15) is 0 Å². The zero-order chi connectivity index (χ0) is 9.97. The second-order valence-electron chi connectivity index (χ2n) is 5.08. The first-order valence-electron chi connectivity index (χ1n) is 6.17. The quantitative estimate of drug-likeness (QED) is 0.733. The van der Waals surface area contributed by atoms with Crippen LogP contribution in [-0.4, -0.2) is 35.2 Å². The Kier molecular flexibility index (Phi) is 3.45. The lowest BCUT2D eigenvalue weighted by molar-refractivity contribution is 0.120. The van der Waals surface area contributed by atoms with Gasteiger partial charge in [0.25, 0.3) is 0 Å². The van der Waals surface area contributed by atoms with Crippen LogP contribution in [0.15, 0.2) is 0 Å². The fourth-order valence-corrected chi connectivity index (χ4v) is 3.09. The van der Waals surface area contributed by atoms with Gasteiger partial charge in [0.05, 0.1) is 6.10 Å². The van der Waals surface area contributed by atoms with Gasteiger partial charge in [-0.15, -0.1) is 0 Å². The Morgan fingerprint density at radius 3 is 2.21 bits per heavy atom. The van der Waals surface area contributed by atoms with Gasteiger partial charge in [0.1, 0.15) is 0 Å². The Morgan fingerprint density at radius 1 is 0.929 bits per heavy atom. The maximum atomic E-state index is 9.52. The molecule has 0 aliphatic heterocycles. The van der Waals surface area contributed by atoms with Crippen molar-refractivity contribution in [3.05, 3.63) is 0 Å². The van der Waals surface area contributed by atoms with Crippen molar-refractivity contribution in [2.24, 2.45) is 0 Å². The van der Waals surface area contributed by atoms with E-state index in [2.05, 4.69) is 11.9 Å². The number of hydrogen-bond acceptors (Lipinski definition) is 2. The molecule has 0 aromatic heterocycles. The molecule has 14 heavy (non-hydrogen) atoms. The SMILES string of the molecule is CN(C1CCCCC1)C1CCC(O)C1. The molecule has 2 saturated carbocycles. The lowest BCUT2D eigenvalue weighted by Crippen LogP contribution is -2.40. The summed E-state index contributed by atoms with van der Waals surface area (Å²) >= 11 is 0. The number of aliphatic hydroxyl groups is 1. The molecule has 2 aliphatic carbocycles. The first-order chi connectivity index (χ1) is 6.77. The van der Waals surface area contributed by atoms with E-state index in [0.29, 0.717) is 6.04 Å². The van der Waals surface area contributed by atoms with Gasteiger partial charge in [0, 0.05) is 12.1 Å². The van der Waals surface area contributed by atoms with Crippen molar-refractivity contribution in [2.75, 3.05) is 7.05 Å². The Morgan fingerprint density at radius 2 is 1.64 bits per heavy atom. The summed E-state index contributed by atoms with van der Waals surface area (Å²) in [6.45, 7) is 0. The molecule has 82 valence electrons. The van der Waals surface area contributed by atoms with Crippen molar-refractivity contribution in [3.63, 3.8) is 0 Å². The van der Waals surface area contributed by atoms with E-state index < -0.39 is 0 Å². The van der Waals surface area contributed by atoms with Crippen LogP contribution >= 0.6 is 0 Å². The molecular formula is C12H23NO. The zero-order valence-corrected chi connectivity index (χ0v) is 9.28. The van der Waals surface area contributed by atoms with Crippen molar-refractivity contribution >= 4 is 0 Å². The monoisotopic (exact) mass is 197 g/mol. The fraction of sp³-hybridized carbons (Fsp3) is 1.00. The summed E-state index contributed by atoms with van der Waals surface area (Å²) in [5.41, 5.74) is 0. The van der Waals surface area contributed by atoms with Crippen LogP contribution in [0, 0.1) is 0 Å². The summed E-state index contributed by atoms with van der Waals surface area (Å²) in [6.07, 6.45) is 10.2. The van der Waals surface area contributed by atoms with E-state index in [4.69, 9.17) is 0 Å². The molecule has 2 rings (SSSR count). The van der Waals surface area contributed by atoms with Gasteiger partial charge in [0.15, 0.2) is 0 Å². The van der Waals surface area contributed by atoms with Crippen LogP contribution in [0.4, 0.5) is 0 Å². The van der Waals surface area contributed by atoms with Crippen LogP contribution in [0.3, 0.4) is 0 Å². The van der Waals surface area contributed by atoms with Crippen molar-refractivity contribution in [1.82, 2.24) is 4.90 Å². The summed E-state index contributed by atoms with van der Waals surface area (Å²) < 4.78 is 0. The van der Waals surface area contributed by atoms with Gasteiger partial charge >= 0.3 is 0 Å². The van der Waals surface area contributed by atoms with Crippen LogP contribution in [0.2, 0.25) is 0 Å². The zero-order valence-electron chi connectivity index (χ0n) is 9.28. The molecular weight excluding hydrogens is 174 g/mol. The summed E-state index contributed by atoms with van der Waals surface area (Å²) in [4.78, 5) is 2.55. The first-order valence-corrected chi connectivity index (χ1v) is 6.17. The van der Waals surface area contributed by atoms with Crippen LogP contribution in [0.5, 0.6) is 0 Å². The largest absolute Gasteiger partial charge is 0.393 e. The smallest absolute Gasteiger partial charge is 0.0555 e. The topological polar surface area (TPSA) is 23.5 Å². The highest BCUT2D eigenvalue weighted by atomic mass is 16.3. The molecule has 0 radical (unpaired) electrons. The first kappa shape index (κ1) is 10.4. The molecule has 0 aromatic rings. The van der Waals surface area contributed by atoms with Crippen LogP contribution < -0.4 is 0 Å². The van der Waals surface area contributed by atoms with Gasteiger partial charge < -0.3 is 10.0 Å². The van der Waals surface area contributed by atoms with Crippen LogP contribution in [0.25, 0.3) is 0 Å². The van der Waals surface area contributed by atoms with Crippen LogP contribution in [0.1, 0.15) is 51.4 Å². The van der Waals surface area contributed by atoms with E-state index in [9.17, 15) is 5.11 Å². The molecule has 2 atom stereocenters. The molecule has 2 aliphatic rings. The molecule has 0 aromatic carbocycles. The van der Waals surface area contributed by atoms with Gasteiger partial charge in [-0.1, -0.05) is 19.3 Å². The third-order valence-corrected chi connectivity index (χ3v) is 4.10. The second-order valence-corrected chi connectivity index (χ2v) is 5.08. The summed E-state index contributed by atoms with van der Waals surface area (Å²) in [6, 6.07) is 1.46. The maximum absolute atomic E-state index is 9.52. The molecule has 0 saturated heterocycles. The molecule has 0 bridgehead atoms. The average Bonchev–Trinajstić information content (AvgIpc) is 2.65. The van der Waals surface area contributed by atoms with E-state index >= 15 is 0 Å². The summed E-state index contributed by atoms with van der Waals surface area (Å²) in [7, 11) is 2.26. The van der Waals surface area contributed by atoms with E-state index in [-0.39, 0.29) is 6.10 Å². The summed E-state index contributed by atoms with van der Waals surface area (Å²) in [5.74, 6) is 0. The Balaban J connectivity index is 1.84. The normalized spacial score (nSPS) is 35.4. The van der Waals surface area contributed by atoms with Crippen LogP contribution in [-0.2, 0) is 0 Å². The molecule has 0 spiro atoms. The maximum Gasteiger partial charge on any atom is 0.0555 e. The molecule has 0 amide bonds. The van der Waals surface area contributed by atoms with E-state index in [1.54, 1.807) is 0 Å². The fourth-order valence-electron chi connectivity index (χ4n) is 3.09. The average molecular weight is 197 g/mol. The number of hydrogen-bond donors (Lipinski definition) is 1. The van der Waals surface area contributed by atoms with Gasteiger partial charge in [0.2, 0.25) is 0 Å². The molecule has 2 unspecified atom stereocenters. The minimum Gasteiger partial charge on any atom is -0.393 e. The van der Waals surface area contributed by atoms with Crippen molar-refractivity contribution in [2.45, 2.75) is 69.6 Å². The predicted molar refractivity (Wildman–Crippen MR) is 58.3 cm³/mol. The summed E-state index contributed by atoms with van der Waals surface area (Å²) in [5, 5.41) is 9.52. The third kappa shape index (κ3) is 2.29.